The Labute approximate surface area is 187 Å². The van der Waals surface area contributed by atoms with Crippen molar-refractivity contribution in [3.63, 3.8) is 0 Å². The predicted molar refractivity (Wildman–Crippen MR) is 111 cm³/mol. The molecule has 0 saturated heterocycles. The topological polar surface area (TPSA) is 55.8 Å². The van der Waals surface area contributed by atoms with Gasteiger partial charge in [-0.1, -0.05) is 30.3 Å². The fraction of sp³-hybridized carbons (Fsp3) is 0.250. The van der Waals surface area contributed by atoms with Crippen LogP contribution in [0.15, 0.2) is 72.1 Å². The van der Waals surface area contributed by atoms with Crippen molar-refractivity contribution in [2.75, 3.05) is 20.8 Å². The van der Waals surface area contributed by atoms with Gasteiger partial charge in [0.25, 0.3) is 0 Å². The molecule has 0 aromatic heterocycles. The van der Waals surface area contributed by atoms with Gasteiger partial charge in [-0.25, -0.2) is 14.0 Å². The molecular formula is C24H21F4NO4. The number of rotatable bonds is 6. The fourth-order valence-electron chi connectivity index (χ4n) is 3.67. The molecule has 0 unspecified atom stereocenters. The number of hydrogen-bond donors (Lipinski definition) is 0. The zero-order valence-electron chi connectivity index (χ0n) is 17.9. The first-order valence-corrected chi connectivity index (χ1v) is 9.92. The molecule has 1 heterocycles. The van der Waals surface area contributed by atoms with Gasteiger partial charge in [-0.2, -0.15) is 13.2 Å². The van der Waals surface area contributed by atoms with E-state index in [2.05, 4.69) is 0 Å². The van der Waals surface area contributed by atoms with E-state index in [0.29, 0.717) is 6.42 Å². The van der Waals surface area contributed by atoms with Crippen LogP contribution in [0.5, 0.6) is 0 Å². The Bertz CT molecular complexity index is 1060. The van der Waals surface area contributed by atoms with Gasteiger partial charge in [0.05, 0.1) is 36.8 Å². The molecule has 2 aromatic rings. The Morgan fingerprint density at radius 3 is 1.97 bits per heavy atom. The van der Waals surface area contributed by atoms with Crippen LogP contribution in [0.25, 0.3) is 0 Å². The lowest BCUT2D eigenvalue weighted by atomic mass is 9.81. The molecule has 1 aliphatic heterocycles. The minimum absolute atomic E-state index is 0.142. The molecule has 3 rings (SSSR count). The molecule has 0 N–H and O–H groups in total. The molecule has 0 atom stereocenters. The van der Waals surface area contributed by atoms with E-state index < -0.39 is 29.6 Å². The summed E-state index contributed by atoms with van der Waals surface area (Å²) in [5.74, 6) is -3.48. The Hall–Kier alpha value is -3.62. The Morgan fingerprint density at radius 1 is 0.909 bits per heavy atom. The van der Waals surface area contributed by atoms with Gasteiger partial charge in [0.15, 0.2) is 0 Å². The zero-order chi connectivity index (χ0) is 24.2. The Kier molecular flexibility index (Phi) is 7.20. The first kappa shape index (κ1) is 24.0. The fourth-order valence-corrected chi connectivity index (χ4v) is 3.67. The molecule has 0 fully saturated rings. The standard InChI is InChI=1S/C24H21F4NO4/c1-32-22(30)18-13-29(12-11-15-7-9-16(25)10-8-15)14-19(23(31)33-2)21(18)17-5-3-4-6-20(17)24(26,27)28/h3-10,13-14,21H,11-12H2,1-2H3. The van der Waals surface area contributed by atoms with Crippen molar-refractivity contribution in [3.8, 4) is 0 Å². The quantitative estimate of drug-likeness (QED) is 0.463. The summed E-state index contributed by atoms with van der Waals surface area (Å²) >= 11 is 0. The number of hydrogen-bond acceptors (Lipinski definition) is 5. The number of carbonyl (C=O) groups excluding carboxylic acids is 2. The second kappa shape index (κ2) is 9.89. The van der Waals surface area contributed by atoms with Crippen molar-refractivity contribution in [1.29, 1.82) is 0 Å². The summed E-state index contributed by atoms with van der Waals surface area (Å²) in [6.07, 6.45) is -1.57. The predicted octanol–water partition coefficient (Wildman–Crippen LogP) is 4.60. The maximum absolute atomic E-state index is 13.7. The molecule has 0 saturated carbocycles. The number of halogens is 4. The number of alkyl halides is 3. The number of ether oxygens (including phenoxy) is 2. The molecule has 0 aliphatic carbocycles. The summed E-state index contributed by atoms with van der Waals surface area (Å²) in [6.45, 7) is 0.264. The first-order valence-electron chi connectivity index (χ1n) is 9.92. The number of methoxy groups -OCH3 is 2. The molecule has 33 heavy (non-hydrogen) atoms. The minimum atomic E-state index is -4.71. The second-order valence-corrected chi connectivity index (χ2v) is 7.28. The lowest BCUT2D eigenvalue weighted by Crippen LogP contribution is -2.30. The molecule has 174 valence electrons. The first-order chi connectivity index (χ1) is 15.7. The summed E-state index contributed by atoms with van der Waals surface area (Å²) < 4.78 is 64.0. The number of esters is 2. The van der Waals surface area contributed by atoms with E-state index in [4.69, 9.17) is 9.47 Å². The van der Waals surface area contributed by atoms with Crippen LogP contribution in [-0.4, -0.2) is 37.6 Å². The van der Waals surface area contributed by atoms with Gasteiger partial charge in [-0.15, -0.1) is 0 Å². The van der Waals surface area contributed by atoms with Crippen molar-refractivity contribution < 1.29 is 36.6 Å². The third-order valence-electron chi connectivity index (χ3n) is 5.22. The highest BCUT2D eigenvalue weighted by atomic mass is 19.4. The lowest BCUT2D eigenvalue weighted by molar-refractivity contribution is -0.140. The van der Waals surface area contributed by atoms with Gasteiger partial charge in [-0.3, -0.25) is 0 Å². The van der Waals surface area contributed by atoms with Crippen molar-refractivity contribution in [2.24, 2.45) is 0 Å². The SMILES string of the molecule is COC(=O)C1=CN(CCc2ccc(F)cc2)C=C(C(=O)OC)C1c1ccccc1C(F)(F)F. The highest BCUT2D eigenvalue weighted by molar-refractivity contribution is 5.98. The second-order valence-electron chi connectivity index (χ2n) is 7.28. The normalized spacial score (nSPS) is 14.4. The van der Waals surface area contributed by atoms with Crippen molar-refractivity contribution in [3.05, 3.63) is 94.6 Å². The summed E-state index contributed by atoms with van der Waals surface area (Å²) in [4.78, 5) is 26.7. The molecule has 2 aromatic carbocycles. The van der Waals surface area contributed by atoms with Crippen molar-refractivity contribution in [1.82, 2.24) is 4.90 Å². The highest BCUT2D eigenvalue weighted by Gasteiger charge is 2.41. The number of carbonyl (C=O) groups is 2. The third kappa shape index (κ3) is 5.42. The van der Waals surface area contributed by atoms with Gasteiger partial charge in [0.2, 0.25) is 0 Å². The molecule has 1 aliphatic rings. The molecule has 9 heteroatoms. The lowest BCUT2D eigenvalue weighted by Gasteiger charge is -2.31. The van der Waals surface area contributed by atoms with Gasteiger partial charge in [-0.05, 0) is 35.7 Å². The summed E-state index contributed by atoms with van der Waals surface area (Å²) in [5, 5.41) is 0. The van der Waals surface area contributed by atoms with Crippen LogP contribution in [0.2, 0.25) is 0 Å². The average Bonchev–Trinajstić information content (AvgIpc) is 2.81. The smallest absolute Gasteiger partial charge is 0.416 e. The van der Waals surface area contributed by atoms with E-state index in [9.17, 15) is 27.2 Å². The summed E-state index contributed by atoms with van der Waals surface area (Å²) in [5.41, 5.74) is -0.731. The monoisotopic (exact) mass is 463 g/mol. The minimum Gasteiger partial charge on any atom is -0.466 e. The molecule has 0 spiro atoms. The maximum Gasteiger partial charge on any atom is 0.416 e. The van der Waals surface area contributed by atoms with Crippen LogP contribution in [0.3, 0.4) is 0 Å². The van der Waals surface area contributed by atoms with E-state index in [0.717, 1.165) is 25.8 Å². The van der Waals surface area contributed by atoms with E-state index in [1.807, 2.05) is 0 Å². The van der Waals surface area contributed by atoms with Gasteiger partial charge < -0.3 is 14.4 Å². The Balaban J connectivity index is 2.06. The maximum atomic E-state index is 13.7. The zero-order valence-corrected chi connectivity index (χ0v) is 17.9. The molecule has 5 nitrogen and oxygen atoms in total. The summed E-state index contributed by atoms with van der Waals surface area (Å²) in [7, 11) is 2.21. The highest BCUT2D eigenvalue weighted by Crippen LogP contribution is 2.43. The Morgan fingerprint density at radius 2 is 1.45 bits per heavy atom. The van der Waals surface area contributed by atoms with Crippen molar-refractivity contribution >= 4 is 11.9 Å². The van der Waals surface area contributed by atoms with Gasteiger partial charge in [0.1, 0.15) is 5.82 Å². The molecule has 0 radical (unpaired) electrons. The van der Waals surface area contributed by atoms with E-state index >= 15 is 0 Å². The number of nitrogens with zero attached hydrogens (tertiary/aromatic N) is 1. The van der Waals surface area contributed by atoms with Crippen molar-refractivity contribution in [2.45, 2.75) is 18.5 Å². The van der Waals surface area contributed by atoms with E-state index in [1.54, 1.807) is 12.1 Å². The van der Waals surface area contributed by atoms with Crippen LogP contribution >= 0.6 is 0 Å². The van der Waals surface area contributed by atoms with E-state index in [1.165, 1.54) is 47.6 Å². The van der Waals surface area contributed by atoms with Crippen LogP contribution in [0.1, 0.15) is 22.6 Å². The van der Waals surface area contributed by atoms with Crippen LogP contribution in [0.4, 0.5) is 17.6 Å². The van der Waals surface area contributed by atoms with Gasteiger partial charge in [0, 0.05) is 18.9 Å². The largest absolute Gasteiger partial charge is 0.466 e. The summed E-state index contributed by atoms with van der Waals surface area (Å²) in [6, 6.07) is 10.5. The van der Waals surface area contributed by atoms with Crippen LogP contribution in [-0.2, 0) is 31.7 Å². The third-order valence-corrected chi connectivity index (χ3v) is 5.22. The molecule has 0 amide bonds. The van der Waals surface area contributed by atoms with E-state index in [-0.39, 0.29) is 29.1 Å². The molecular weight excluding hydrogens is 442 g/mol. The van der Waals surface area contributed by atoms with Crippen LogP contribution in [0, 0.1) is 5.82 Å². The van der Waals surface area contributed by atoms with Gasteiger partial charge >= 0.3 is 18.1 Å². The molecule has 0 bridgehead atoms. The van der Waals surface area contributed by atoms with Crippen LogP contribution < -0.4 is 0 Å². The average molecular weight is 463 g/mol. The number of benzene rings is 2.